The molecule has 0 amide bonds. The smallest absolute Gasteiger partial charge is 0.141 e. The number of hydrogen-bond acceptors (Lipinski definition) is 2. The fourth-order valence-corrected chi connectivity index (χ4v) is 2.64. The minimum atomic E-state index is -0.604. The first-order chi connectivity index (χ1) is 9.10. The van der Waals surface area contributed by atoms with Gasteiger partial charge in [0.25, 0.3) is 0 Å². The van der Waals surface area contributed by atoms with Gasteiger partial charge in [-0.1, -0.05) is 31.2 Å². The van der Waals surface area contributed by atoms with E-state index in [1.54, 1.807) is 0 Å². The van der Waals surface area contributed by atoms with Gasteiger partial charge in [0.05, 0.1) is 4.90 Å². The summed E-state index contributed by atoms with van der Waals surface area (Å²) in [5, 5.41) is 0. The molecule has 4 heteroatoms. The summed E-state index contributed by atoms with van der Waals surface area (Å²) in [4.78, 5) is 0.0220. The average molecular weight is 279 g/mol. The number of hydrogen-bond donors (Lipinski definition) is 1. The van der Waals surface area contributed by atoms with E-state index >= 15 is 0 Å². The molecule has 0 saturated carbocycles. The van der Waals surface area contributed by atoms with Crippen LogP contribution in [0.5, 0.6) is 0 Å². The lowest BCUT2D eigenvalue weighted by molar-refractivity contribution is 0.542. The zero-order valence-corrected chi connectivity index (χ0v) is 11.4. The molecular weight excluding hydrogens is 264 g/mol. The Morgan fingerprint density at radius 1 is 1.00 bits per heavy atom. The lowest BCUT2D eigenvalue weighted by Gasteiger charge is -2.06. The maximum Gasteiger partial charge on any atom is 0.141 e. The molecule has 0 unspecified atom stereocenters. The number of nitrogen functional groups attached to an aromatic ring is 1. The highest BCUT2D eigenvalue weighted by Gasteiger charge is 2.11. The van der Waals surface area contributed by atoms with Crippen molar-refractivity contribution in [2.45, 2.75) is 24.0 Å². The molecule has 0 aliphatic rings. The highest BCUT2D eigenvalue weighted by molar-refractivity contribution is 7.98. The molecule has 1 nitrogen and oxygen atoms in total. The predicted octanol–water partition coefficient (Wildman–Crippen LogP) is 4.40. The van der Waals surface area contributed by atoms with Crippen molar-refractivity contribution in [2.24, 2.45) is 0 Å². The van der Waals surface area contributed by atoms with Gasteiger partial charge in [-0.2, -0.15) is 0 Å². The summed E-state index contributed by atoms with van der Waals surface area (Å²) >= 11 is 1.14. The zero-order chi connectivity index (χ0) is 13.8. The second-order valence-electron chi connectivity index (χ2n) is 4.27. The van der Waals surface area contributed by atoms with E-state index in [0.29, 0.717) is 5.75 Å². The summed E-state index contributed by atoms with van der Waals surface area (Å²) in [6, 6.07) is 10.3. The molecule has 2 aromatic carbocycles. The Morgan fingerprint density at radius 3 is 2.05 bits per heavy atom. The van der Waals surface area contributed by atoms with Crippen molar-refractivity contribution in [3.05, 3.63) is 59.2 Å². The van der Waals surface area contributed by atoms with Crippen LogP contribution in [0.1, 0.15) is 18.1 Å². The second-order valence-corrected chi connectivity index (χ2v) is 5.26. The summed E-state index contributed by atoms with van der Waals surface area (Å²) in [7, 11) is 0. The largest absolute Gasteiger partial charge is 0.399 e. The van der Waals surface area contributed by atoms with Gasteiger partial charge in [0.15, 0.2) is 0 Å². The number of nitrogens with two attached hydrogens (primary N) is 1. The van der Waals surface area contributed by atoms with Crippen LogP contribution in [0.2, 0.25) is 0 Å². The first-order valence-electron chi connectivity index (χ1n) is 6.05. The average Bonchev–Trinajstić information content (AvgIpc) is 2.38. The SMILES string of the molecule is CCc1ccc(CSc2c(F)cc(N)cc2F)cc1. The summed E-state index contributed by atoms with van der Waals surface area (Å²) in [5.74, 6) is -0.678. The number of anilines is 1. The molecule has 0 aromatic heterocycles. The highest BCUT2D eigenvalue weighted by atomic mass is 32.2. The number of rotatable bonds is 4. The topological polar surface area (TPSA) is 26.0 Å². The van der Waals surface area contributed by atoms with Crippen molar-refractivity contribution in [2.75, 3.05) is 5.73 Å². The number of aryl methyl sites for hydroxylation is 1. The van der Waals surface area contributed by atoms with E-state index < -0.39 is 11.6 Å². The molecule has 0 aliphatic heterocycles. The molecule has 2 N–H and O–H groups in total. The molecule has 19 heavy (non-hydrogen) atoms. The normalized spacial score (nSPS) is 10.7. The van der Waals surface area contributed by atoms with E-state index in [4.69, 9.17) is 5.73 Å². The predicted molar refractivity (Wildman–Crippen MR) is 76.2 cm³/mol. The van der Waals surface area contributed by atoms with Crippen molar-refractivity contribution in [1.82, 2.24) is 0 Å². The van der Waals surface area contributed by atoms with Gasteiger partial charge >= 0.3 is 0 Å². The minimum absolute atomic E-state index is 0.0220. The van der Waals surface area contributed by atoms with Gasteiger partial charge in [0.1, 0.15) is 11.6 Å². The van der Waals surface area contributed by atoms with Crippen molar-refractivity contribution >= 4 is 17.4 Å². The van der Waals surface area contributed by atoms with Crippen molar-refractivity contribution < 1.29 is 8.78 Å². The van der Waals surface area contributed by atoms with Gasteiger partial charge in [-0.05, 0) is 29.7 Å². The van der Waals surface area contributed by atoms with E-state index in [9.17, 15) is 8.78 Å². The number of thioether (sulfide) groups is 1. The molecule has 0 saturated heterocycles. The van der Waals surface area contributed by atoms with E-state index in [1.165, 1.54) is 5.56 Å². The Bertz CT molecular complexity index is 544. The minimum Gasteiger partial charge on any atom is -0.399 e. The van der Waals surface area contributed by atoms with Crippen LogP contribution >= 0.6 is 11.8 Å². The third kappa shape index (κ3) is 3.47. The molecule has 0 heterocycles. The molecule has 0 fully saturated rings. The molecule has 0 bridgehead atoms. The third-order valence-electron chi connectivity index (χ3n) is 2.84. The van der Waals surface area contributed by atoms with Gasteiger partial charge in [0, 0.05) is 11.4 Å². The van der Waals surface area contributed by atoms with Crippen molar-refractivity contribution in [3.8, 4) is 0 Å². The second kappa shape index (κ2) is 6.06. The molecule has 0 radical (unpaired) electrons. The molecular formula is C15H15F2NS. The van der Waals surface area contributed by atoms with Crippen molar-refractivity contribution in [1.29, 1.82) is 0 Å². The van der Waals surface area contributed by atoms with Crippen LogP contribution in [0, 0.1) is 11.6 Å². The van der Waals surface area contributed by atoms with Gasteiger partial charge in [0.2, 0.25) is 0 Å². The summed E-state index contributed by atoms with van der Waals surface area (Å²) in [5.41, 5.74) is 7.77. The molecule has 2 aromatic rings. The monoisotopic (exact) mass is 279 g/mol. The van der Waals surface area contributed by atoms with E-state index in [-0.39, 0.29) is 10.6 Å². The van der Waals surface area contributed by atoms with Crippen LogP contribution in [0.3, 0.4) is 0 Å². The number of benzene rings is 2. The van der Waals surface area contributed by atoms with E-state index in [0.717, 1.165) is 35.9 Å². The molecule has 100 valence electrons. The van der Waals surface area contributed by atoms with E-state index in [1.807, 2.05) is 24.3 Å². The van der Waals surface area contributed by atoms with Gasteiger partial charge < -0.3 is 5.73 Å². The van der Waals surface area contributed by atoms with Crippen molar-refractivity contribution in [3.63, 3.8) is 0 Å². The van der Waals surface area contributed by atoms with Gasteiger partial charge in [-0.15, -0.1) is 11.8 Å². The van der Waals surface area contributed by atoms with E-state index in [2.05, 4.69) is 6.92 Å². The van der Waals surface area contributed by atoms with Crippen LogP contribution in [0.15, 0.2) is 41.3 Å². The Balaban J connectivity index is 2.10. The lowest BCUT2D eigenvalue weighted by atomic mass is 10.1. The van der Waals surface area contributed by atoms with Gasteiger partial charge in [-0.3, -0.25) is 0 Å². The quantitative estimate of drug-likeness (QED) is 0.663. The van der Waals surface area contributed by atoms with Crippen LogP contribution in [0.25, 0.3) is 0 Å². The number of halogens is 2. The Kier molecular flexibility index (Phi) is 4.43. The van der Waals surface area contributed by atoms with Crippen LogP contribution < -0.4 is 5.73 Å². The molecule has 0 aliphatic carbocycles. The Morgan fingerprint density at radius 2 is 1.53 bits per heavy atom. The maximum absolute atomic E-state index is 13.6. The molecule has 2 rings (SSSR count). The fourth-order valence-electron chi connectivity index (χ4n) is 1.74. The maximum atomic E-state index is 13.6. The summed E-state index contributed by atoms with van der Waals surface area (Å²) < 4.78 is 27.2. The Hall–Kier alpha value is -1.55. The van der Waals surface area contributed by atoms with Crippen LogP contribution in [-0.4, -0.2) is 0 Å². The van der Waals surface area contributed by atoms with Gasteiger partial charge in [-0.25, -0.2) is 8.78 Å². The lowest BCUT2D eigenvalue weighted by Crippen LogP contribution is -1.93. The van der Waals surface area contributed by atoms with Crippen LogP contribution in [-0.2, 0) is 12.2 Å². The highest BCUT2D eigenvalue weighted by Crippen LogP contribution is 2.29. The Labute approximate surface area is 115 Å². The third-order valence-corrected chi connectivity index (χ3v) is 3.99. The fraction of sp³-hybridized carbons (Fsp3) is 0.200. The zero-order valence-electron chi connectivity index (χ0n) is 10.6. The standard InChI is InChI=1S/C15H15F2NS/c1-2-10-3-5-11(6-4-10)9-19-15-13(16)7-12(18)8-14(15)17/h3-8H,2,9,18H2,1H3. The first-order valence-corrected chi connectivity index (χ1v) is 7.04. The first kappa shape index (κ1) is 13.9. The summed E-state index contributed by atoms with van der Waals surface area (Å²) in [6.07, 6.45) is 0.981. The van der Waals surface area contributed by atoms with Crippen LogP contribution in [0.4, 0.5) is 14.5 Å². The molecule has 0 spiro atoms. The summed E-state index contributed by atoms with van der Waals surface area (Å²) in [6.45, 7) is 2.09. The molecule has 0 atom stereocenters.